The third-order valence-electron chi connectivity index (χ3n) is 14.3. The van der Waals surface area contributed by atoms with Crippen LogP contribution in [0.1, 0.15) is 111 Å². The first-order valence-electron chi connectivity index (χ1n) is 31.6. The zero-order valence-corrected chi connectivity index (χ0v) is 55.4. The van der Waals surface area contributed by atoms with E-state index in [0.29, 0.717) is 58.8 Å². The number of carboxylic acids is 6. The van der Waals surface area contributed by atoms with E-state index in [1.54, 1.807) is 189 Å². The molecule has 11 N–H and O–H groups in total. The summed E-state index contributed by atoms with van der Waals surface area (Å²) in [6.07, 6.45) is 18.5. The van der Waals surface area contributed by atoms with Gasteiger partial charge in [-0.3, -0.25) is 34.5 Å². The lowest BCUT2D eigenvalue weighted by Gasteiger charge is -2.06. The third kappa shape index (κ3) is 27.7. The molecule has 104 heavy (non-hydrogen) atoms. The smallest absolute Gasteiger partial charge is 0.335 e. The second-order valence-corrected chi connectivity index (χ2v) is 21.8. The molecule has 6 aromatic carbocycles. The van der Waals surface area contributed by atoms with Crippen molar-refractivity contribution < 1.29 is 69.0 Å². The van der Waals surface area contributed by atoms with E-state index in [9.17, 15) is 38.4 Å². The van der Waals surface area contributed by atoms with Crippen molar-refractivity contribution in [3.05, 3.63) is 365 Å². The number of rotatable bonds is 22. The summed E-state index contributed by atoms with van der Waals surface area (Å²) in [6, 6.07) is 64.9. The summed E-state index contributed by atoms with van der Waals surface area (Å²) in [5, 5.41) is 67.5. The molecule has 0 atom stereocenters. The number of carbonyl (C=O) groups is 8. The fourth-order valence-corrected chi connectivity index (χ4v) is 8.81. The SMILES string of the molecule is O=C(O)c1ccc(CCc2ccncc2)cc1.O=C(O)c1ccc(CNc2ccccn2)cc1.O=C(O)c1ccc(CNc2cccnc2)cc1.O=C(O)c1ccc(CNc2ccncc2)cc1.O=C(O)c1cccc(NC(=O)c2ccccn2)c1.O=C(O)c1cccc(NC(=O)c2cccnc2)c1. The average molecular weight is 1400 g/mol. The first-order chi connectivity index (χ1) is 50.3. The van der Waals surface area contributed by atoms with E-state index in [4.69, 9.17) is 30.6 Å². The van der Waals surface area contributed by atoms with Gasteiger partial charge in [-0.2, -0.15) is 0 Å². The Morgan fingerprint density at radius 2 is 0.654 bits per heavy atom. The van der Waals surface area contributed by atoms with E-state index in [1.165, 1.54) is 42.2 Å². The number of aromatic carboxylic acids is 6. The molecular formula is C79H69N11O14. The second-order valence-electron chi connectivity index (χ2n) is 21.8. The Bertz CT molecular complexity index is 4200. The number of amides is 2. The Hall–Kier alpha value is -14.6. The zero-order valence-electron chi connectivity index (χ0n) is 55.4. The molecule has 0 aliphatic carbocycles. The van der Waals surface area contributed by atoms with Gasteiger partial charge in [0.2, 0.25) is 0 Å². The van der Waals surface area contributed by atoms with Crippen LogP contribution in [0.15, 0.2) is 292 Å². The molecule has 0 fully saturated rings. The average Bonchev–Trinajstić information content (AvgIpc) is 0.849. The summed E-state index contributed by atoms with van der Waals surface area (Å²) in [5.41, 5.74) is 10.4. The molecule has 12 rings (SSSR count). The Kier molecular flexibility index (Phi) is 30.7. The summed E-state index contributed by atoms with van der Waals surface area (Å²) in [5.74, 6) is -5.58. The highest BCUT2D eigenvalue weighted by Crippen LogP contribution is 2.17. The van der Waals surface area contributed by atoms with Crippen LogP contribution in [0.4, 0.5) is 28.6 Å². The van der Waals surface area contributed by atoms with E-state index in [1.807, 2.05) is 66.7 Å². The lowest BCUT2D eigenvalue weighted by Crippen LogP contribution is -2.13. The molecule has 0 spiro atoms. The van der Waals surface area contributed by atoms with Gasteiger partial charge < -0.3 is 57.2 Å². The van der Waals surface area contributed by atoms with Crippen molar-refractivity contribution in [3.8, 4) is 0 Å². The topological polar surface area (TPSA) is 395 Å². The number of carbonyl (C=O) groups excluding carboxylic acids is 2. The Morgan fingerprint density at radius 3 is 1.07 bits per heavy atom. The largest absolute Gasteiger partial charge is 0.478 e. The van der Waals surface area contributed by atoms with Gasteiger partial charge in [0.25, 0.3) is 11.8 Å². The fraction of sp³-hybridized carbons (Fsp3) is 0.0633. The van der Waals surface area contributed by atoms with Gasteiger partial charge in [-0.15, -0.1) is 0 Å². The number of pyridine rings is 6. The number of hydrogen-bond acceptors (Lipinski definition) is 17. The monoisotopic (exact) mass is 1400 g/mol. The van der Waals surface area contributed by atoms with Crippen molar-refractivity contribution in [1.82, 2.24) is 29.9 Å². The molecule has 25 heteroatoms. The van der Waals surface area contributed by atoms with E-state index in [2.05, 4.69) is 56.5 Å². The van der Waals surface area contributed by atoms with E-state index in [0.717, 1.165) is 52.3 Å². The van der Waals surface area contributed by atoms with E-state index >= 15 is 0 Å². The number of anilines is 5. The highest BCUT2D eigenvalue weighted by Gasteiger charge is 2.12. The maximum absolute atomic E-state index is 11.8. The minimum Gasteiger partial charge on any atom is -0.478 e. The van der Waals surface area contributed by atoms with Crippen LogP contribution >= 0.6 is 0 Å². The van der Waals surface area contributed by atoms with Crippen LogP contribution in [-0.2, 0) is 32.5 Å². The highest BCUT2D eigenvalue weighted by molar-refractivity contribution is 6.05. The van der Waals surface area contributed by atoms with Crippen molar-refractivity contribution in [2.45, 2.75) is 32.5 Å². The normalized spacial score (nSPS) is 9.88. The van der Waals surface area contributed by atoms with Gasteiger partial charge in [-0.05, 0) is 198 Å². The van der Waals surface area contributed by atoms with Gasteiger partial charge in [0.1, 0.15) is 11.5 Å². The number of aryl methyl sites for hydroxylation is 2. The predicted molar refractivity (Wildman–Crippen MR) is 391 cm³/mol. The number of nitrogens with zero attached hydrogens (tertiary/aromatic N) is 6. The molecule has 0 bridgehead atoms. The molecule has 0 saturated heterocycles. The Morgan fingerprint density at radius 1 is 0.269 bits per heavy atom. The number of aromatic nitrogens is 6. The molecule has 0 saturated carbocycles. The number of benzene rings is 6. The molecular weight excluding hydrogens is 1330 g/mol. The molecule has 25 nitrogen and oxygen atoms in total. The molecule has 0 aliphatic heterocycles. The molecule has 0 aliphatic rings. The summed E-state index contributed by atoms with van der Waals surface area (Å²) in [7, 11) is 0. The van der Waals surface area contributed by atoms with Crippen LogP contribution in [0.5, 0.6) is 0 Å². The fourth-order valence-electron chi connectivity index (χ4n) is 8.81. The van der Waals surface area contributed by atoms with Crippen LogP contribution in [0.3, 0.4) is 0 Å². The lowest BCUT2D eigenvalue weighted by atomic mass is 10.0. The van der Waals surface area contributed by atoms with E-state index in [-0.39, 0.29) is 28.6 Å². The van der Waals surface area contributed by atoms with Crippen molar-refractivity contribution in [2.75, 3.05) is 26.6 Å². The first-order valence-corrected chi connectivity index (χ1v) is 31.6. The molecule has 6 aromatic heterocycles. The van der Waals surface area contributed by atoms with Crippen LogP contribution < -0.4 is 26.6 Å². The summed E-state index contributed by atoms with van der Waals surface area (Å²) in [6.45, 7) is 1.92. The summed E-state index contributed by atoms with van der Waals surface area (Å²) in [4.78, 5) is 112. The first kappa shape index (κ1) is 76.7. The molecule has 0 radical (unpaired) electrons. The predicted octanol–water partition coefficient (Wildman–Crippen LogP) is 13.8. The minimum atomic E-state index is -1.04. The van der Waals surface area contributed by atoms with Crippen LogP contribution in [0, 0.1) is 0 Å². The third-order valence-corrected chi connectivity index (χ3v) is 14.3. The van der Waals surface area contributed by atoms with Gasteiger partial charge in [0.05, 0.1) is 44.6 Å². The zero-order chi connectivity index (χ0) is 74.3. The second kappa shape index (κ2) is 41.6. The van der Waals surface area contributed by atoms with Crippen LogP contribution in [0.2, 0.25) is 0 Å². The van der Waals surface area contributed by atoms with Gasteiger partial charge in [0, 0.05) is 98.7 Å². The van der Waals surface area contributed by atoms with Crippen LogP contribution in [-0.4, -0.2) is 108 Å². The molecule has 524 valence electrons. The van der Waals surface area contributed by atoms with Crippen molar-refractivity contribution in [2.24, 2.45) is 0 Å². The Balaban J connectivity index is 0.000000175. The number of carboxylic acid groups (broad SMARTS) is 6. The minimum absolute atomic E-state index is 0.119. The Labute approximate surface area is 596 Å². The highest BCUT2D eigenvalue weighted by atomic mass is 16.4. The number of hydrogen-bond donors (Lipinski definition) is 11. The maximum atomic E-state index is 11.8. The lowest BCUT2D eigenvalue weighted by molar-refractivity contribution is 0.0686. The molecule has 6 heterocycles. The summed E-state index contributed by atoms with van der Waals surface area (Å²) < 4.78 is 0. The maximum Gasteiger partial charge on any atom is 0.335 e. The van der Waals surface area contributed by atoms with Crippen LogP contribution in [0.25, 0.3) is 0 Å². The standard InChI is InChI=1S/C14H13NO2.2C13H10N2O3.3C13H12N2O2/c16-14(17)13-5-3-11(4-6-13)1-2-12-7-9-15-10-8-12;16-12(10-4-2-6-14-8-10)15-11-5-1-3-9(7-11)13(17)18;16-12(11-6-1-2-7-14-11)15-10-5-3-4-9(8-10)13(17)18;16-13(17)11-3-1-10(2-4-11)9-15-12-5-7-14-8-6-12;16-13(17)11-5-3-10(4-6-11)8-15-12-2-1-7-14-9-12;16-13(17)11-6-4-10(5-7-11)9-15-12-3-1-2-8-14-12/h3-10H,1-2H2,(H,16,17);2*1-8H,(H,15,16)(H,17,18);1-8H,9H2,(H,14,15)(H,16,17);1-7,9,15H,8H2,(H,16,17);1-8H,9H2,(H,14,15)(H,16,17). The molecule has 0 unspecified atom stereocenters. The van der Waals surface area contributed by atoms with Crippen molar-refractivity contribution in [1.29, 1.82) is 0 Å². The van der Waals surface area contributed by atoms with Gasteiger partial charge in [0.15, 0.2) is 0 Å². The molecule has 2 amide bonds. The van der Waals surface area contributed by atoms with E-state index < -0.39 is 35.8 Å². The number of nitrogens with one attached hydrogen (secondary N) is 5. The molecule has 12 aromatic rings. The van der Waals surface area contributed by atoms with Gasteiger partial charge in [-0.1, -0.05) is 72.8 Å². The quantitative estimate of drug-likeness (QED) is 0.0300. The summed E-state index contributed by atoms with van der Waals surface area (Å²) >= 11 is 0. The van der Waals surface area contributed by atoms with Crippen molar-refractivity contribution >= 4 is 76.2 Å². The van der Waals surface area contributed by atoms with Crippen molar-refractivity contribution in [3.63, 3.8) is 0 Å². The van der Waals surface area contributed by atoms with Gasteiger partial charge in [-0.25, -0.2) is 33.8 Å². The van der Waals surface area contributed by atoms with Gasteiger partial charge >= 0.3 is 35.8 Å².